The van der Waals surface area contributed by atoms with Crippen LogP contribution in [0.15, 0.2) is 54.2 Å². The van der Waals surface area contributed by atoms with Crippen molar-refractivity contribution >= 4 is 24.0 Å². The molecule has 0 radical (unpaired) electrons. The number of urea groups is 1. The van der Waals surface area contributed by atoms with Gasteiger partial charge in [0.25, 0.3) is 5.91 Å². The number of carboxylic acids is 1. The SMILES string of the molecule is Cc1ccc(COc2ccc(/C=C3/NC(=O)N(CC(=O)O)C3=O)cc2)cc1. The summed E-state index contributed by atoms with van der Waals surface area (Å²) in [5.74, 6) is -1.25. The van der Waals surface area contributed by atoms with E-state index in [1.165, 1.54) is 11.6 Å². The van der Waals surface area contributed by atoms with Crippen molar-refractivity contribution in [2.24, 2.45) is 0 Å². The number of ether oxygens (including phenoxy) is 1. The Morgan fingerprint density at radius 3 is 2.41 bits per heavy atom. The number of amides is 3. The molecule has 1 heterocycles. The number of nitrogens with one attached hydrogen (secondary N) is 1. The Bertz CT molecular complexity index is 901. The molecule has 1 aliphatic heterocycles. The molecule has 0 aromatic heterocycles. The lowest BCUT2D eigenvalue weighted by Gasteiger charge is -2.07. The van der Waals surface area contributed by atoms with Gasteiger partial charge in [-0.2, -0.15) is 0 Å². The van der Waals surface area contributed by atoms with Crippen molar-refractivity contribution < 1.29 is 24.2 Å². The predicted octanol–water partition coefficient (Wildman–Crippen LogP) is 2.55. The van der Waals surface area contributed by atoms with Crippen molar-refractivity contribution in [1.82, 2.24) is 10.2 Å². The van der Waals surface area contributed by atoms with Gasteiger partial charge in [0.05, 0.1) is 0 Å². The number of aryl methyl sites for hydroxylation is 1. The Kier molecular flexibility index (Phi) is 5.21. The third-order valence-corrected chi connectivity index (χ3v) is 3.97. The number of imide groups is 1. The number of carbonyl (C=O) groups excluding carboxylic acids is 2. The zero-order chi connectivity index (χ0) is 19.4. The zero-order valence-corrected chi connectivity index (χ0v) is 14.6. The van der Waals surface area contributed by atoms with Crippen LogP contribution >= 0.6 is 0 Å². The van der Waals surface area contributed by atoms with E-state index in [4.69, 9.17) is 9.84 Å². The lowest BCUT2D eigenvalue weighted by molar-refractivity contribution is -0.140. The lowest BCUT2D eigenvalue weighted by atomic mass is 10.1. The van der Waals surface area contributed by atoms with Gasteiger partial charge in [-0.1, -0.05) is 42.0 Å². The molecule has 2 N–H and O–H groups in total. The van der Waals surface area contributed by atoms with Gasteiger partial charge in [-0.05, 0) is 36.3 Å². The summed E-state index contributed by atoms with van der Waals surface area (Å²) >= 11 is 0. The second kappa shape index (κ2) is 7.74. The van der Waals surface area contributed by atoms with Crippen molar-refractivity contribution in [1.29, 1.82) is 0 Å². The molecule has 0 atom stereocenters. The maximum absolute atomic E-state index is 12.1. The molecule has 0 unspecified atom stereocenters. The number of hydrogen-bond acceptors (Lipinski definition) is 4. The van der Waals surface area contributed by atoms with E-state index in [2.05, 4.69) is 5.32 Å². The first kappa shape index (κ1) is 18.2. The highest BCUT2D eigenvalue weighted by Gasteiger charge is 2.34. The molecule has 7 nitrogen and oxygen atoms in total. The van der Waals surface area contributed by atoms with Gasteiger partial charge >= 0.3 is 12.0 Å². The molecular weight excluding hydrogens is 348 g/mol. The average molecular weight is 366 g/mol. The molecule has 1 saturated heterocycles. The van der Waals surface area contributed by atoms with Crippen LogP contribution in [-0.4, -0.2) is 34.5 Å². The molecule has 3 amide bonds. The maximum atomic E-state index is 12.1. The topological polar surface area (TPSA) is 95.9 Å². The second-order valence-corrected chi connectivity index (χ2v) is 6.12. The molecule has 138 valence electrons. The summed E-state index contributed by atoms with van der Waals surface area (Å²) in [5.41, 5.74) is 2.96. The van der Waals surface area contributed by atoms with Crippen molar-refractivity contribution in [3.63, 3.8) is 0 Å². The minimum absolute atomic E-state index is 0.0366. The Hall–Kier alpha value is -3.61. The largest absolute Gasteiger partial charge is 0.489 e. The van der Waals surface area contributed by atoms with Gasteiger partial charge in [-0.25, -0.2) is 9.69 Å². The molecule has 3 rings (SSSR count). The molecular formula is C20H18N2O5. The van der Waals surface area contributed by atoms with Crippen LogP contribution in [0.1, 0.15) is 16.7 Å². The molecule has 0 bridgehead atoms. The fourth-order valence-corrected chi connectivity index (χ4v) is 2.53. The van der Waals surface area contributed by atoms with E-state index in [-0.39, 0.29) is 5.70 Å². The van der Waals surface area contributed by atoms with Gasteiger partial charge < -0.3 is 15.2 Å². The Balaban J connectivity index is 1.64. The standard InChI is InChI=1S/C20H18N2O5/c1-13-2-4-15(5-3-13)12-27-16-8-6-14(7-9-16)10-17-19(25)22(11-18(23)24)20(26)21-17/h2-10H,11-12H2,1H3,(H,21,26)(H,23,24)/b17-10+. The van der Waals surface area contributed by atoms with Crippen molar-refractivity contribution in [2.75, 3.05) is 6.54 Å². The third-order valence-electron chi connectivity index (χ3n) is 3.97. The van der Waals surface area contributed by atoms with Crippen LogP contribution in [0.4, 0.5) is 4.79 Å². The van der Waals surface area contributed by atoms with Crippen LogP contribution in [0.25, 0.3) is 6.08 Å². The molecule has 2 aromatic rings. The highest BCUT2D eigenvalue weighted by Crippen LogP contribution is 2.18. The first-order valence-electron chi connectivity index (χ1n) is 8.27. The van der Waals surface area contributed by atoms with Gasteiger partial charge in [0, 0.05) is 0 Å². The number of aliphatic carboxylic acids is 1. The summed E-state index contributed by atoms with van der Waals surface area (Å²) in [6.45, 7) is 1.80. The molecule has 0 saturated carbocycles. The fourth-order valence-electron chi connectivity index (χ4n) is 2.53. The van der Waals surface area contributed by atoms with Crippen LogP contribution in [0.3, 0.4) is 0 Å². The van der Waals surface area contributed by atoms with Gasteiger partial charge in [0.15, 0.2) is 0 Å². The minimum atomic E-state index is -1.25. The summed E-state index contributed by atoms with van der Waals surface area (Å²) in [6.07, 6.45) is 1.49. The second-order valence-electron chi connectivity index (χ2n) is 6.12. The monoisotopic (exact) mass is 366 g/mol. The summed E-state index contributed by atoms with van der Waals surface area (Å²) in [4.78, 5) is 35.1. The first-order chi connectivity index (χ1) is 12.9. The van der Waals surface area contributed by atoms with E-state index in [1.54, 1.807) is 24.3 Å². The van der Waals surface area contributed by atoms with E-state index < -0.39 is 24.5 Å². The first-order valence-corrected chi connectivity index (χ1v) is 8.27. The lowest BCUT2D eigenvalue weighted by Crippen LogP contribution is -2.35. The van der Waals surface area contributed by atoms with Crippen molar-refractivity contribution in [2.45, 2.75) is 13.5 Å². The van der Waals surface area contributed by atoms with E-state index in [9.17, 15) is 14.4 Å². The molecule has 0 aliphatic carbocycles. The van der Waals surface area contributed by atoms with E-state index in [1.807, 2.05) is 31.2 Å². The Morgan fingerprint density at radius 1 is 1.11 bits per heavy atom. The summed E-state index contributed by atoms with van der Waals surface area (Å²) in [6, 6.07) is 14.3. The molecule has 0 spiro atoms. The van der Waals surface area contributed by atoms with Gasteiger partial charge in [-0.15, -0.1) is 0 Å². The van der Waals surface area contributed by atoms with E-state index in [0.717, 1.165) is 5.56 Å². The predicted molar refractivity (Wildman–Crippen MR) is 97.8 cm³/mol. The van der Waals surface area contributed by atoms with Crippen LogP contribution in [-0.2, 0) is 16.2 Å². The summed E-state index contributed by atoms with van der Waals surface area (Å²) in [7, 11) is 0. The number of rotatable bonds is 6. The highest BCUT2D eigenvalue weighted by atomic mass is 16.5. The molecule has 1 aliphatic rings. The molecule has 1 fully saturated rings. The molecule has 27 heavy (non-hydrogen) atoms. The van der Waals surface area contributed by atoms with E-state index >= 15 is 0 Å². The summed E-state index contributed by atoms with van der Waals surface area (Å²) < 4.78 is 5.73. The van der Waals surface area contributed by atoms with Crippen LogP contribution in [0.5, 0.6) is 5.75 Å². The number of nitrogens with zero attached hydrogens (tertiary/aromatic N) is 1. The Morgan fingerprint density at radius 2 is 1.78 bits per heavy atom. The smallest absolute Gasteiger partial charge is 0.329 e. The molecule has 7 heteroatoms. The van der Waals surface area contributed by atoms with Gasteiger partial charge in [0.1, 0.15) is 24.6 Å². The number of hydrogen-bond donors (Lipinski definition) is 2. The van der Waals surface area contributed by atoms with Crippen molar-refractivity contribution in [3.8, 4) is 5.75 Å². The quantitative estimate of drug-likeness (QED) is 0.605. The van der Waals surface area contributed by atoms with Crippen LogP contribution < -0.4 is 10.1 Å². The van der Waals surface area contributed by atoms with Crippen molar-refractivity contribution in [3.05, 3.63) is 70.9 Å². The third kappa shape index (κ3) is 4.52. The van der Waals surface area contributed by atoms with Gasteiger partial charge in [0.2, 0.25) is 0 Å². The Labute approximate surface area is 155 Å². The highest BCUT2D eigenvalue weighted by molar-refractivity contribution is 6.15. The number of carbonyl (C=O) groups is 3. The molecule has 2 aromatic carbocycles. The normalized spacial score (nSPS) is 15.1. The minimum Gasteiger partial charge on any atom is -0.489 e. The maximum Gasteiger partial charge on any atom is 0.329 e. The van der Waals surface area contributed by atoms with Crippen LogP contribution in [0, 0.1) is 6.92 Å². The average Bonchev–Trinajstić information content (AvgIpc) is 2.89. The van der Waals surface area contributed by atoms with Crippen LogP contribution in [0.2, 0.25) is 0 Å². The number of benzene rings is 2. The summed E-state index contributed by atoms with van der Waals surface area (Å²) in [5, 5.41) is 11.1. The number of carboxylic acid groups (broad SMARTS) is 1. The van der Waals surface area contributed by atoms with Gasteiger partial charge in [-0.3, -0.25) is 9.59 Å². The zero-order valence-electron chi connectivity index (χ0n) is 14.6. The van der Waals surface area contributed by atoms with E-state index in [0.29, 0.717) is 22.8 Å². The fraction of sp³-hybridized carbons (Fsp3) is 0.150.